The van der Waals surface area contributed by atoms with E-state index in [2.05, 4.69) is 61.8 Å². The molecule has 1 aromatic carbocycles. The number of hydrogen-bond donors (Lipinski definition) is 1. The van der Waals surface area contributed by atoms with Crippen LogP contribution in [0.1, 0.15) is 49.2 Å². The average Bonchev–Trinajstić information content (AvgIpc) is 3.04. The van der Waals surface area contributed by atoms with Gasteiger partial charge in [-0.1, -0.05) is 25.1 Å². The maximum atomic E-state index is 5.98. The lowest BCUT2D eigenvalue weighted by molar-refractivity contribution is 0.138. The number of benzene rings is 1. The van der Waals surface area contributed by atoms with E-state index in [1.54, 1.807) is 0 Å². The third-order valence-corrected chi connectivity index (χ3v) is 4.78. The van der Waals surface area contributed by atoms with E-state index in [1.165, 1.54) is 16.0 Å². The van der Waals surface area contributed by atoms with Gasteiger partial charge < -0.3 is 10.1 Å². The molecule has 0 fully saturated rings. The van der Waals surface area contributed by atoms with Crippen molar-refractivity contribution in [2.45, 2.75) is 45.3 Å². The van der Waals surface area contributed by atoms with Crippen LogP contribution in [-0.4, -0.2) is 12.1 Å². The van der Waals surface area contributed by atoms with Crippen molar-refractivity contribution in [3.05, 3.63) is 51.7 Å². The van der Waals surface area contributed by atoms with Gasteiger partial charge in [0.15, 0.2) is 0 Å². The first-order chi connectivity index (χ1) is 10.1. The molecular weight excluding hydrogens is 278 g/mol. The van der Waals surface area contributed by atoms with E-state index < -0.39 is 0 Å². The first kappa shape index (κ1) is 14.6. The zero-order valence-electron chi connectivity index (χ0n) is 13.0. The Balaban J connectivity index is 1.91. The van der Waals surface area contributed by atoms with Gasteiger partial charge in [-0.25, -0.2) is 0 Å². The van der Waals surface area contributed by atoms with E-state index in [0.717, 1.165) is 25.1 Å². The van der Waals surface area contributed by atoms with E-state index in [4.69, 9.17) is 4.74 Å². The van der Waals surface area contributed by atoms with Crippen molar-refractivity contribution in [3.63, 3.8) is 0 Å². The van der Waals surface area contributed by atoms with Crippen LogP contribution in [0.3, 0.4) is 0 Å². The Bertz CT molecular complexity index is 604. The van der Waals surface area contributed by atoms with E-state index in [9.17, 15) is 0 Å². The second kappa shape index (κ2) is 5.82. The summed E-state index contributed by atoms with van der Waals surface area (Å²) in [5.41, 5.74) is 2.60. The molecule has 0 saturated carbocycles. The molecule has 2 nitrogen and oxygen atoms in total. The monoisotopic (exact) mass is 301 g/mol. The van der Waals surface area contributed by atoms with E-state index >= 15 is 0 Å². The number of fused-ring (bicyclic) bond motifs is 1. The zero-order chi connectivity index (χ0) is 14.9. The third kappa shape index (κ3) is 3.14. The predicted octanol–water partition coefficient (Wildman–Crippen LogP) is 4.55. The Morgan fingerprint density at radius 1 is 1.33 bits per heavy atom. The summed E-state index contributed by atoms with van der Waals surface area (Å²) in [4.78, 5) is 1.38. The van der Waals surface area contributed by atoms with Crippen LogP contribution in [0.15, 0.2) is 35.7 Å². The molecule has 2 heterocycles. The van der Waals surface area contributed by atoms with Crippen LogP contribution < -0.4 is 10.1 Å². The number of thiophene rings is 1. The molecule has 3 heteroatoms. The van der Waals surface area contributed by atoms with Crippen LogP contribution in [0.4, 0.5) is 0 Å². The highest BCUT2D eigenvalue weighted by molar-refractivity contribution is 7.10. The van der Waals surface area contributed by atoms with Crippen molar-refractivity contribution >= 4 is 11.3 Å². The van der Waals surface area contributed by atoms with Crippen molar-refractivity contribution in [2.24, 2.45) is 0 Å². The highest BCUT2D eigenvalue weighted by Crippen LogP contribution is 2.37. The van der Waals surface area contributed by atoms with Crippen LogP contribution in [0, 0.1) is 0 Å². The van der Waals surface area contributed by atoms with Crippen LogP contribution in [-0.2, 0) is 6.42 Å². The molecule has 1 atom stereocenters. The normalized spacial score (nSPS) is 17.3. The van der Waals surface area contributed by atoms with Crippen molar-refractivity contribution in [2.75, 3.05) is 6.54 Å². The molecule has 1 unspecified atom stereocenters. The van der Waals surface area contributed by atoms with Gasteiger partial charge in [-0.05, 0) is 55.5 Å². The molecule has 0 spiro atoms. The van der Waals surface area contributed by atoms with Gasteiger partial charge in [0.05, 0.1) is 6.04 Å². The maximum absolute atomic E-state index is 5.98. The average molecular weight is 301 g/mol. The number of hydrogen-bond acceptors (Lipinski definition) is 3. The summed E-state index contributed by atoms with van der Waals surface area (Å²) in [5.74, 6) is 1.05. The molecule has 3 rings (SSSR count). The Morgan fingerprint density at radius 2 is 2.19 bits per heavy atom. The summed E-state index contributed by atoms with van der Waals surface area (Å²) in [6, 6.07) is 11.3. The Labute approximate surface area is 131 Å². The molecule has 2 aromatic rings. The van der Waals surface area contributed by atoms with Crippen molar-refractivity contribution in [3.8, 4) is 5.75 Å². The summed E-state index contributed by atoms with van der Waals surface area (Å²) in [5, 5.41) is 5.82. The highest BCUT2D eigenvalue weighted by atomic mass is 32.1. The molecule has 0 radical (unpaired) electrons. The first-order valence-electron chi connectivity index (χ1n) is 7.68. The summed E-state index contributed by atoms with van der Waals surface area (Å²) < 4.78 is 5.98. The number of nitrogens with one attached hydrogen (secondary N) is 1. The fourth-order valence-electron chi connectivity index (χ4n) is 2.94. The van der Waals surface area contributed by atoms with E-state index in [0.29, 0.717) is 6.04 Å². The van der Waals surface area contributed by atoms with Gasteiger partial charge >= 0.3 is 0 Å². The molecule has 1 aromatic heterocycles. The molecule has 112 valence electrons. The predicted molar refractivity (Wildman–Crippen MR) is 89.3 cm³/mol. The van der Waals surface area contributed by atoms with Crippen molar-refractivity contribution < 1.29 is 4.74 Å². The lowest BCUT2D eigenvalue weighted by atomic mass is 9.97. The maximum Gasteiger partial charge on any atom is 0.123 e. The Morgan fingerprint density at radius 3 is 2.90 bits per heavy atom. The van der Waals surface area contributed by atoms with E-state index in [1.807, 2.05) is 11.3 Å². The Kier molecular flexibility index (Phi) is 4.05. The molecule has 1 N–H and O–H groups in total. The summed E-state index contributed by atoms with van der Waals surface area (Å²) in [6.07, 6.45) is 2.13. The van der Waals surface area contributed by atoms with E-state index in [-0.39, 0.29) is 5.60 Å². The minimum Gasteiger partial charge on any atom is -0.487 e. The Hall–Kier alpha value is -1.32. The SMILES string of the molecule is CCCNC(c1ccc2c(c1)CC(C)(C)O2)c1cccs1. The van der Waals surface area contributed by atoms with Gasteiger partial charge in [-0.15, -0.1) is 11.3 Å². The lowest BCUT2D eigenvalue weighted by Gasteiger charge is -2.18. The molecule has 0 aliphatic carbocycles. The molecule has 21 heavy (non-hydrogen) atoms. The second-order valence-corrected chi connectivity index (χ2v) is 7.29. The van der Waals surface area contributed by atoms with Gasteiger partial charge in [0, 0.05) is 11.3 Å². The topological polar surface area (TPSA) is 21.3 Å². The summed E-state index contributed by atoms with van der Waals surface area (Å²) >= 11 is 1.82. The molecule has 1 aliphatic rings. The van der Waals surface area contributed by atoms with Gasteiger partial charge in [0.2, 0.25) is 0 Å². The van der Waals surface area contributed by atoms with Gasteiger partial charge in [-0.3, -0.25) is 0 Å². The fourth-order valence-corrected chi connectivity index (χ4v) is 3.76. The van der Waals surface area contributed by atoms with Crippen LogP contribution in [0.5, 0.6) is 5.75 Å². The quantitative estimate of drug-likeness (QED) is 0.874. The van der Waals surface area contributed by atoms with Crippen LogP contribution >= 0.6 is 11.3 Å². The van der Waals surface area contributed by atoms with Crippen LogP contribution in [0.25, 0.3) is 0 Å². The molecular formula is C18H23NOS. The lowest BCUT2D eigenvalue weighted by Crippen LogP contribution is -2.24. The highest BCUT2D eigenvalue weighted by Gasteiger charge is 2.30. The molecule has 1 aliphatic heterocycles. The molecule has 0 saturated heterocycles. The number of ether oxygens (including phenoxy) is 1. The van der Waals surface area contributed by atoms with Crippen LogP contribution in [0.2, 0.25) is 0 Å². The van der Waals surface area contributed by atoms with Crippen molar-refractivity contribution in [1.82, 2.24) is 5.32 Å². The minimum atomic E-state index is -0.0732. The zero-order valence-corrected chi connectivity index (χ0v) is 13.8. The van der Waals surface area contributed by atoms with Crippen molar-refractivity contribution in [1.29, 1.82) is 0 Å². The standard InChI is InChI=1S/C18H23NOS/c1-4-9-19-17(16-6-5-10-21-16)13-7-8-15-14(11-13)12-18(2,3)20-15/h5-8,10-11,17,19H,4,9,12H2,1-3H3. The minimum absolute atomic E-state index is 0.0732. The largest absolute Gasteiger partial charge is 0.487 e. The molecule has 0 amide bonds. The van der Waals surface area contributed by atoms with Gasteiger partial charge in [0.1, 0.15) is 11.4 Å². The second-order valence-electron chi connectivity index (χ2n) is 6.31. The summed E-state index contributed by atoms with van der Waals surface area (Å²) in [7, 11) is 0. The fraction of sp³-hybridized carbons (Fsp3) is 0.444. The number of rotatable bonds is 5. The third-order valence-electron chi connectivity index (χ3n) is 3.85. The first-order valence-corrected chi connectivity index (χ1v) is 8.55. The van der Waals surface area contributed by atoms with Gasteiger partial charge in [-0.2, -0.15) is 0 Å². The smallest absolute Gasteiger partial charge is 0.123 e. The summed E-state index contributed by atoms with van der Waals surface area (Å²) in [6.45, 7) is 7.54. The van der Waals surface area contributed by atoms with Gasteiger partial charge in [0.25, 0.3) is 0 Å². The molecule has 0 bridgehead atoms.